The number of aromatic nitrogens is 1. The van der Waals surface area contributed by atoms with E-state index in [0.29, 0.717) is 13.1 Å². The number of methoxy groups -OCH3 is 1. The van der Waals surface area contributed by atoms with Gasteiger partial charge in [0.15, 0.2) is 0 Å². The summed E-state index contributed by atoms with van der Waals surface area (Å²) < 4.78 is 12.2. The highest BCUT2D eigenvalue weighted by atomic mass is 16.5. The fourth-order valence-electron chi connectivity index (χ4n) is 1.89. The fraction of sp³-hybridized carbons (Fsp3) is 0.357. The summed E-state index contributed by atoms with van der Waals surface area (Å²) in [5, 5.41) is 0. The molecule has 0 N–H and O–H groups in total. The molecule has 2 aromatic heterocycles. The molecule has 0 spiro atoms. The summed E-state index contributed by atoms with van der Waals surface area (Å²) in [6, 6.07) is 7.63. The summed E-state index contributed by atoms with van der Waals surface area (Å²) in [6.07, 6.45) is 3.57. The summed E-state index contributed by atoms with van der Waals surface area (Å²) in [5.41, 5.74) is 1.07. The molecule has 0 saturated heterocycles. The number of rotatable bonds is 6. The molecule has 1 amide bonds. The van der Waals surface area contributed by atoms with Crippen LogP contribution in [-0.4, -0.2) is 29.1 Å². The van der Waals surface area contributed by atoms with Crippen LogP contribution in [0.5, 0.6) is 0 Å². The lowest BCUT2D eigenvalue weighted by atomic mass is 10.3. The summed E-state index contributed by atoms with van der Waals surface area (Å²) in [6.45, 7) is 1.05. The Bertz CT molecular complexity index is 517. The van der Waals surface area contributed by atoms with Crippen LogP contribution < -0.4 is 0 Å². The number of ether oxygens (including phenoxy) is 1. The number of amides is 1. The average molecular weight is 262 g/mol. The van der Waals surface area contributed by atoms with Crippen molar-refractivity contribution in [2.75, 3.05) is 13.7 Å². The van der Waals surface area contributed by atoms with Gasteiger partial charge in [0, 0.05) is 26.0 Å². The van der Waals surface area contributed by atoms with E-state index >= 15 is 0 Å². The minimum atomic E-state index is -0.0555. The van der Waals surface area contributed by atoms with E-state index in [1.165, 1.54) is 7.11 Å². The smallest absolute Gasteiger partial charge is 0.249 e. The Morgan fingerprint density at radius 2 is 2.21 bits per heavy atom. The first kappa shape index (κ1) is 13.4. The Labute approximate surface area is 112 Å². The van der Waals surface area contributed by atoms with Crippen LogP contribution in [0.25, 0.3) is 0 Å². The number of furan rings is 1. The molecule has 2 heterocycles. The van der Waals surface area contributed by atoms with E-state index in [9.17, 15) is 4.79 Å². The molecule has 5 heteroatoms. The second-order valence-corrected chi connectivity index (χ2v) is 4.37. The van der Waals surface area contributed by atoms with E-state index in [-0.39, 0.29) is 12.5 Å². The van der Waals surface area contributed by atoms with Crippen LogP contribution in [0.15, 0.2) is 41.1 Å². The summed E-state index contributed by atoms with van der Waals surface area (Å²) in [5.74, 6) is 0.707. The molecule has 0 unspecified atom stereocenters. The molecule has 2 aromatic rings. The van der Waals surface area contributed by atoms with E-state index in [4.69, 9.17) is 9.15 Å². The summed E-state index contributed by atoms with van der Waals surface area (Å²) in [4.78, 5) is 13.8. The number of carbonyl (C=O) groups is 1. The Kier molecular flexibility index (Phi) is 4.41. The fourth-order valence-corrected chi connectivity index (χ4v) is 1.89. The number of carbonyl (C=O) groups excluding carboxylic acids is 1. The van der Waals surface area contributed by atoms with E-state index in [1.807, 2.05) is 42.1 Å². The van der Waals surface area contributed by atoms with Crippen molar-refractivity contribution in [2.24, 2.45) is 7.05 Å². The van der Waals surface area contributed by atoms with Crippen molar-refractivity contribution in [1.29, 1.82) is 0 Å². The van der Waals surface area contributed by atoms with E-state index in [0.717, 1.165) is 11.5 Å². The van der Waals surface area contributed by atoms with Crippen LogP contribution in [0.2, 0.25) is 0 Å². The van der Waals surface area contributed by atoms with Gasteiger partial charge in [-0.25, -0.2) is 0 Å². The molecule has 2 rings (SSSR count). The molecule has 0 aliphatic rings. The third kappa shape index (κ3) is 3.48. The van der Waals surface area contributed by atoms with E-state index in [2.05, 4.69) is 0 Å². The highest BCUT2D eigenvalue weighted by Crippen LogP contribution is 2.11. The monoisotopic (exact) mass is 262 g/mol. The topological polar surface area (TPSA) is 47.6 Å². The molecular weight excluding hydrogens is 244 g/mol. The van der Waals surface area contributed by atoms with Crippen LogP contribution in [0.1, 0.15) is 11.5 Å². The second kappa shape index (κ2) is 6.24. The van der Waals surface area contributed by atoms with Crippen molar-refractivity contribution in [2.45, 2.75) is 13.1 Å². The normalized spacial score (nSPS) is 10.6. The van der Waals surface area contributed by atoms with Gasteiger partial charge in [-0.3, -0.25) is 4.79 Å². The van der Waals surface area contributed by atoms with Gasteiger partial charge in [-0.05, 0) is 24.3 Å². The lowest BCUT2D eigenvalue weighted by Gasteiger charge is -2.21. The standard InChI is InChI=1S/C14H18N2O3/c1-15-7-3-5-12(15)9-16(14(17)11-18-2)10-13-6-4-8-19-13/h3-8H,9-11H2,1-2H3. The molecule has 19 heavy (non-hydrogen) atoms. The van der Waals surface area contributed by atoms with Gasteiger partial charge < -0.3 is 18.6 Å². The molecule has 5 nitrogen and oxygen atoms in total. The molecule has 0 atom stereocenters. The highest BCUT2D eigenvalue weighted by Gasteiger charge is 2.16. The first-order valence-electron chi connectivity index (χ1n) is 6.10. The summed E-state index contributed by atoms with van der Waals surface area (Å²) >= 11 is 0. The van der Waals surface area contributed by atoms with Crippen molar-refractivity contribution < 1.29 is 13.9 Å². The van der Waals surface area contributed by atoms with Gasteiger partial charge in [-0.15, -0.1) is 0 Å². The third-order valence-electron chi connectivity index (χ3n) is 2.95. The minimum absolute atomic E-state index is 0.0555. The summed E-state index contributed by atoms with van der Waals surface area (Å²) in [7, 11) is 3.48. The van der Waals surface area contributed by atoms with Gasteiger partial charge in [0.1, 0.15) is 12.4 Å². The van der Waals surface area contributed by atoms with Gasteiger partial charge in [-0.1, -0.05) is 0 Å². The first-order valence-corrected chi connectivity index (χ1v) is 6.10. The van der Waals surface area contributed by atoms with Crippen LogP contribution in [0.3, 0.4) is 0 Å². The van der Waals surface area contributed by atoms with Gasteiger partial charge in [0.2, 0.25) is 5.91 Å². The first-order chi connectivity index (χ1) is 9.20. The molecule has 0 bridgehead atoms. The van der Waals surface area contributed by atoms with Gasteiger partial charge in [0.05, 0.1) is 19.4 Å². The van der Waals surface area contributed by atoms with Crippen LogP contribution in [0.4, 0.5) is 0 Å². The Hall–Kier alpha value is -2.01. The number of aryl methyl sites for hydroxylation is 1. The minimum Gasteiger partial charge on any atom is -0.467 e. The van der Waals surface area contributed by atoms with E-state index in [1.54, 1.807) is 11.2 Å². The largest absolute Gasteiger partial charge is 0.467 e. The number of hydrogen-bond donors (Lipinski definition) is 0. The highest BCUT2D eigenvalue weighted by molar-refractivity contribution is 5.77. The van der Waals surface area contributed by atoms with Crippen molar-refractivity contribution in [3.63, 3.8) is 0 Å². The van der Waals surface area contributed by atoms with Gasteiger partial charge >= 0.3 is 0 Å². The SMILES string of the molecule is COCC(=O)N(Cc1ccco1)Cc1cccn1C. The molecule has 102 valence electrons. The molecule has 0 aliphatic heterocycles. The van der Waals surface area contributed by atoms with Crippen molar-refractivity contribution in [3.8, 4) is 0 Å². The predicted molar refractivity (Wildman–Crippen MR) is 70.3 cm³/mol. The molecule has 0 aliphatic carbocycles. The Morgan fingerprint density at radius 3 is 2.79 bits per heavy atom. The zero-order chi connectivity index (χ0) is 13.7. The second-order valence-electron chi connectivity index (χ2n) is 4.37. The van der Waals surface area contributed by atoms with Crippen molar-refractivity contribution in [1.82, 2.24) is 9.47 Å². The zero-order valence-corrected chi connectivity index (χ0v) is 11.2. The molecule has 0 saturated carbocycles. The van der Waals surface area contributed by atoms with Crippen molar-refractivity contribution in [3.05, 3.63) is 48.2 Å². The lowest BCUT2D eigenvalue weighted by Crippen LogP contribution is -2.33. The Morgan fingerprint density at radius 1 is 1.37 bits per heavy atom. The molecule has 0 radical (unpaired) electrons. The maximum absolute atomic E-state index is 12.1. The van der Waals surface area contributed by atoms with Crippen LogP contribution in [-0.2, 0) is 29.7 Å². The van der Waals surface area contributed by atoms with Gasteiger partial charge in [-0.2, -0.15) is 0 Å². The number of hydrogen-bond acceptors (Lipinski definition) is 3. The lowest BCUT2D eigenvalue weighted by molar-refractivity contribution is -0.136. The maximum atomic E-state index is 12.1. The quantitative estimate of drug-likeness (QED) is 0.797. The van der Waals surface area contributed by atoms with E-state index < -0.39 is 0 Å². The average Bonchev–Trinajstić information content (AvgIpc) is 3.02. The van der Waals surface area contributed by atoms with Gasteiger partial charge in [0.25, 0.3) is 0 Å². The molecule has 0 fully saturated rings. The van der Waals surface area contributed by atoms with Crippen molar-refractivity contribution >= 4 is 5.91 Å². The zero-order valence-electron chi connectivity index (χ0n) is 11.2. The third-order valence-corrected chi connectivity index (χ3v) is 2.95. The molecule has 0 aromatic carbocycles. The molecular formula is C14H18N2O3. The Balaban J connectivity index is 2.10. The maximum Gasteiger partial charge on any atom is 0.249 e. The number of nitrogens with zero attached hydrogens (tertiary/aromatic N) is 2. The predicted octanol–water partition coefficient (Wildman–Crippen LogP) is 1.79. The van der Waals surface area contributed by atoms with Crippen LogP contribution in [0, 0.1) is 0 Å². The van der Waals surface area contributed by atoms with Crippen LogP contribution >= 0.6 is 0 Å².